The van der Waals surface area contributed by atoms with Crippen molar-refractivity contribution in [2.24, 2.45) is 0 Å². The summed E-state index contributed by atoms with van der Waals surface area (Å²) in [7, 11) is 0. The van der Waals surface area contributed by atoms with Crippen LogP contribution in [0.3, 0.4) is 0 Å². The Morgan fingerprint density at radius 2 is 1.93 bits per heavy atom. The zero-order chi connectivity index (χ0) is 19.4. The Morgan fingerprint density at radius 1 is 1.11 bits per heavy atom. The predicted octanol–water partition coefficient (Wildman–Crippen LogP) is 6.01. The number of rotatable bonds is 5. The molecule has 2 aromatic carbocycles. The van der Waals surface area contributed by atoms with Crippen LogP contribution < -0.4 is 4.74 Å². The highest BCUT2D eigenvalue weighted by Gasteiger charge is 2.24. The van der Waals surface area contributed by atoms with Crippen molar-refractivity contribution in [1.29, 1.82) is 0 Å². The van der Waals surface area contributed by atoms with Crippen LogP contribution in [-0.2, 0) is 4.74 Å². The maximum Gasteiger partial charge on any atom is 0.201 e. The van der Waals surface area contributed by atoms with E-state index in [1.165, 1.54) is 18.2 Å². The molecule has 0 radical (unpaired) electrons. The van der Waals surface area contributed by atoms with Crippen molar-refractivity contribution < 1.29 is 22.6 Å². The number of allylic oxidation sites excluding steroid dienone is 1. The minimum absolute atomic E-state index is 0.00874. The first kappa shape index (κ1) is 19.5. The van der Waals surface area contributed by atoms with Gasteiger partial charge >= 0.3 is 0 Å². The van der Waals surface area contributed by atoms with Crippen molar-refractivity contribution in [3.63, 3.8) is 0 Å². The summed E-state index contributed by atoms with van der Waals surface area (Å²) >= 11 is 0. The van der Waals surface area contributed by atoms with E-state index in [1.807, 2.05) is 19.1 Å². The van der Waals surface area contributed by atoms with Crippen LogP contribution in [-0.4, -0.2) is 19.3 Å². The third kappa shape index (κ3) is 4.19. The minimum Gasteiger partial charge on any atom is -0.491 e. The summed E-state index contributed by atoms with van der Waals surface area (Å²) in [6.07, 6.45) is 5.67. The van der Waals surface area contributed by atoms with E-state index in [0.717, 1.165) is 12.8 Å². The lowest BCUT2D eigenvalue weighted by Crippen LogP contribution is -2.23. The Balaban J connectivity index is 1.82. The van der Waals surface area contributed by atoms with Crippen LogP contribution in [0.2, 0.25) is 0 Å². The third-order valence-electron chi connectivity index (χ3n) is 4.82. The van der Waals surface area contributed by atoms with Crippen molar-refractivity contribution in [2.45, 2.75) is 38.7 Å². The number of ether oxygens (including phenoxy) is 2. The van der Waals surface area contributed by atoms with Crippen LogP contribution >= 0.6 is 0 Å². The van der Waals surface area contributed by atoms with Gasteiger partial charge in [0.05, 0.1) is 19.3 Å². The molecule has 1 heterocycles. The Bertz CT molecular complexity index is 825. The molecule has 3 rings (SSSR count). The molecule has 0 bridgehead atoms. The van der Waals surface area contributed by atoms with Crippen LogP contribution in [0, 0.1) is 17.5 Å². The normalized spacial score (nSPS) is 20.2. The standard InChI is InChI=1S/C22H23F3O2/c1-3-5-16-8-6-15(13-27-16)17-9-7-14(12-19(17)23)18-10-11-20(26-4-2)22(25)21(18)24/h3,5,7,9-12,15-16H,4,6,8,13H2,1-2H3/b5-3+. The van der Waals surface area contributed by atoms with Gasteiger partial charge in [-0.05, 0) is 56.0 Å². The van der Waals surface area contributed by atoms with Crippen molar-refractivity contribution >= 4 is 0 Å². The molecule has 5 heteroatoms. The van der Waals surface area contributed by atoms with Gasteiger partial charge in [0, 0.05) is 11.5 Å². The molecule has 0 aromatic heterocycles. The van der Waals surface area contributed by atoms with Crippen LogP contribution in [0.25, 0.3) is 11.1 Å². The zero-order valence-corrected chi connectivity index (χ0v) is 15.5. The first-order valence-corrected chi connectivity index (χ1v) is 9.20. The molecular weight excluding hydrogens is 353 g/mol. The van der Waals surface area contributed by atoms with Crippen molar-refractivity contribution in [2.75, 3.05) is 13.2 Å². The lowest BCUT2D eigenvalue weighted by atomic mass is 9.89. The summed E-state index contributed by atoms with van der Waals surface area (Å²) in [6.45, 7) is 4.31. The summed E-state index contributed by atoms with van der Waals surface area (Å²) in [5.41, 5.74) is 0.846. The fourth-order valence-electron chi connectivity index (χ4n) is 3.43. The van der Waals surface area contributed by atoms with Gasteiger partial charge in [0.2, 0.25) is 5.82 Å². The van der Waals surface area contributed by atoms with E-state index >= 15 is 0 Å². The van der Waals surface area contributed by atoms with Gasteiger partial charge in [-0.15, -0.1) is 0 Å². The maximum atomic E-state index is 14.7. The number of benzene rings is 2. The number of halogens is 3. The van der Waals surface area contributed by atoms with E-state index < -0.39 is 17.5 Å². The molecule has 27 heavy (non-hydrogen) atoms. The van der Waals surface area contributed by atoms with Crippen LogP contribution in [0.1, 0.15) is 38.2 Å². The highest BCUT2D eigenvalue weighted by molar-refractivity contribution is 5.66. The molecule has 0 N–H and O–H groups in total. The van der Waals surface area contributed by atoms with E-state index in [2.05, 4.69) is 0 Å². The molecule has 2 aromatic rings. The molecule has 0 saturated carbocycles. The number of hydrogen-bond acceptors (Lipinski definition) is 2. The molecule has 0 amide bonds. The summed E-state index contributed by atoms with van der Waals surface area (Å²) < 4.78 is 53.9. The molecular formula is C22H23F3O2. The highest BCUT2D eigenvalue weighted by atomic mass is 19.2. The van der Waals surface area contributed by atoms with Crippen LogP contribution in [0.15, 0.2) is 42.5 Å². The fraction of sp³-hybridized carbons (Fsp3) is 0.364. The van der Waals surface area contributed by atoms with Gasteiger partial charge in [0.25, 0.3) is 0 Å². The van der Waals surface area contributed by atoms with Gasteiger partial charge in [0.15, 0.2) is 11.6 Å². The van der Waals surface area contributed by atoms with Crippen molar-refractivity contribution in [3.8, 4) is 16.9 Å². The molecule has 1 aliphatic rings. The minimum atomic E-state index is -1.06. The van der Waals surface area contributed by atoms with E-state index in [0.29, 0.717) is 17.7 Å². The summed E-state index contributed by atoms with van der Waals surface area (Å²) in [5, 5.41) is 0. The fourth-order valence-corrected chi connectivity index (χ4v) is 3.43. The zero-order valence-electron chi connectivity index (χ0n) is 15.5. The van der Waals surface area contributed by atoms with E-state index in [-0.39, 0.29) is 29.9 Å². The summed E-state index contributed by atoms with van der Waals surface area (Å²) in [5.74, 6) is -2.72. The molecule has 1 fully saturated rings. The predicted molar refractivity (Wildman–Crippen MR) is 99.5 cm³/mol. The Labute approximate surface area is 157 Å². The van der Waals surface area contributed by atoms with Gasteiger partial charge in [-0.25, -0.2) is 8.78 Å². The quantitative estimate of drug-likeness (QED) is 0.595. The lowest BCUT2D eigenvalue weighted by molar-refractivity contribution is 0.0319. The van der Waals surface area contributed by atoms with Gasteiger partial charge in [-0.3, -0.25) is 0 Å². The Morgan fingerprint density at radius 3 is 2.56 bits per heavy atom. The summed E-state index contributed by atoms with van der Waals surface area (Å²) in [6, 6.07) is 7.28. The molecule has 1 saturated heterocycles. The van der Waals surface area contributed by atoms with E-state index in [9.17, 15) is 13.2 Å². The van der Waals surface area contributed by atoms with Gasteiger partial charge in [-0.1, -0.05) is 24.3 Å². The third-order valence-corrected chi connectivity index (χ3v) is 4.82. The molecule has 144 valence electrons. The molecule has 2 atom stereocenters. The molecule has 1 aliphatic heterocycles. The second-order valence-electron chi connectivity index (χ2n) is 6.58. The average Bonchev–Trinajstić information content (AvgIpc) is 2.67. The molecule has 2 nitrogen and oxygen atoms in total. The van der Waals surface area contributed by atoms with Gasteiger partial charge in [0.1, 0.15) is 5.82 Å². The lowest BCUT2D eigenvalue weighted by Gasteiger charge is -2.28. The Kier molecular flexibility index (Phi) is 6.22. The first-order chi connectivity index (χ1) is 13.0. The monoisotopic (exact) mass is 376 g/mol. The Hall–Kier alpha value is -2.27. The smallest absolute Gasteiger partial charge is 0.201 e. The topological polar surface area (TPSA) is 18.5 Å². The molecule has 0 aliphatic carbocycles. The number of hydrogen-bond donors (Lipinski definition) is 0. The first-order valence-electron chi connectivity index (χ1n) is 9.20. The van der Waals surface area contributed by atoms with Crippen molar-refractivity contribution in [3.05, 3.63) is 65.5 Å². The van der Waals surface area contributed by atoms with Crippen LogP contribution in [0.5, 0.6) is 5.75 Å². The largest absolute Gasteiger partial charge is 0.491 e. The summed E-state index contributed by atoms with van der Waals surface area (Å²) in [4.78, 5) is 0. The van der Waals surface area contributed by atoms with E-state index in [1.54, 1.807) is 19.1 Å². The van der Waals surface area contributed by atoms with Crippen molar-refractivity contribution in [1.82, 2.24) is 0 Å². The average molecular weight is 376 g/mol. The molecule has 2 unspecified atom stereocenters. The van der Waals surface area contributed by atoms with Crippen LogP contribution in [0.4, 0.5) is 13.2 Å². The second-order valence-corrected chi connectivity index (χ2v) is 6.58. The maximum absolute atomic E-state index is 14.7. The van der Waals surface area contributed by atoms with E-state index in [4.69, 9.17) is 9.47 Å². The van der Waals surface area contributed by atoms with Gasteiger partial charge in [-0.2, -0.15) is 4.39 Å². The molecule has 0 spiro atoms. The highest BCUT2D eigenvalue weighted by Crippen LogP contribution is 2.34. The van der Waals surface area contributed by atoms with Gasteiger partial charge < -0.3 is 9.47 Å². The second kappa shape index (κ2) is 8.61. The SMILES string of the molecule is C/C=C/C1CCC(c2ccc(-c3ccc(OCC)c(F)c3F)cc2F)CO1.